The van der Waals surface area contributed by atoms with E-state index in [1.807, 2.05) is 17.0 Å². The first-order valence-electron chi connectivity index (χ1n) is 6.23. The Balaban J connectivity index is 1.99. The molecule has 1 N–H and O–H groups in total. The molecule has 2 aliphatic heterocycles. The summed E-state index contributed by atoms with van der Waals surface area (Å²) in [4.78, 5) is 17.6. The summed E-state index contributed by atoms with van der Waals surface area (Å²) >= 11 is 0. The Labute approximate surface area is 99.4 Å². The molecule has 0 spiro atoms. The zero-order chi connectivity index (χ0) is 11.4. The Hall–Kier alpha value is -1.77. The van der Waals surface area contributed by atoms with E-state index in [0.29, 0.717) is 18.4 Å². The number of nitrogens with one attached hydrogen (secondary N) is 1. The number of rotatable bonds is 0. The predicted molar refractivity (Wildman–Crippen MR) is 65.7 cm³/mol. The number of fused-ring (bicyclic) bond motifs is 5. The van der Waals surface area contributed by atoms with Gasteiger partial charge in [-0.05, 0) is 24.5 Å². The molecule has 3 nitrogen and oxygen atoms in total. The number of hydrogen-bond acceptors (Lipinski definition) is 1. The summed E-state index contributed by atoms with van der Waals surface area (Å²) in [6, 6.07) is 8.60. The first-order valence-corrected chi connectivity index (χ1v) is 6.23. The van der Waals surface area contributed by atoms with Gasteiger partial charge >= 0.3 is 0 Å². The zero-order valence-corrected chi connectivity index (χ0v) is 9.57. The molecule has 4 rings (SSSR count). The normalized spacial score (nSPS) is 22.9. The monoisotopic (exact) mass is 226 g/mol. The number of carbonyl (C=O) groups excluding carboxylic acids is 1. The van der Waals surface area contributed by atoms with Crippen molar-refractivity contribution in [2.24, 2.45) is 0 Å². The van der Waals surface area contributed by atoms with Crippen molar-refractivity contribution in [2.45, 2.75) is 25.3 Å². The molecule has 0 aliphatic carbocycles. The van der Waals surface area contributed by atoms with Crippen LogP contribution < -0.4 is 0 Å². The minimum Gasteiger partial charge on any atom is -0.356 e. The van der Waals surface area contributed by atoms with Crippen LogP contribution in [0.25, 0.3) is 10.9 Å². The molecular formula is C14H14N2O. The molecular weight excluding hydrogens is 212 g/mol. The molecule has 1 saturated heterocycles. The van der Waals surface area contributed by atoms with Gasteiger partial charge in [-0.25, -0.2) is 0 Å². The number of aromatic amines is 1. The van der Waals surface area contributed by atoms with Crippen molar-refractivity contribution in [1.82, 2.24) is 9.88 Å². The third-order valence-electron chi connectivity index (χ3n) is 4.08. The molecule has 3 heteroatoms. The lowest BCUT2D eigenvalue weighted by Gasteiger charge is -2.29. The Bertz CT molecular complexity index is 614. The fraction of sp³-hybridized carbons (Fsp3) is 0.357. The first kappa shape index (κ1) is 9.28. The largest absolute Gasteiger partial charge is 0.356 e. The smallest absolute Gasteiger partial charge is 0.227 e. The molecule has 2 aromatic rings. The third kappa shape index (κ3) is 1.14. The Morgan fingerprint density at radius 1 is 1.29 bits per heavy atom. The summed E-state index contributed by atoms with van der Waals surface area (Å²) in [6.07, 6.45) is 2.80. The zero-order valence-electron chi connectivity index (χ0n) is 9.57. The predicted octanol–water partition coefficient (Wildman–Crippen LogP) is 2.39. The standard InChI is InChI=1S/C14H14N2O/c17-13-8-10-9-4-1-2-5-11(9)15-14(10)12-6-3-7-16(12)13/h1-2,4-5,12,15H,3,6-8H2/t12-/m0/s1. The van der Waals surface area contributed by atoms with Crippen LogP contribution in [0.3, 0.4) is 0 Å². The van der Waals surface area contributed by atoms with Crippen molar-refractivity contribution < 1.29 is 4.79 Å². The molecule has 1 fully saturated rings. The molecule has 1 aromatic carbocycles. The lowest BCUT2D eigenvalue weighted by atomic mass is 9.97. The number of para-hydroxylation sites is 1. The molecule has 1 atom stereocenters. The summed E-state index contributed by atoms with van der Waals surface area (Å²) in [5.41, 5.74) is 3.68. The summed E-state index contributed by atoms with van der Waals surface area (Å²) in [5, 5.41) is 1.22. The number of carbonyl (C=O) groups is 1. The van der Waals surface area contributed by atoms with Gasteiger partial charge < -0.3 is 9.88 Å². The van der Waals surface area contributed by atoms with Crippen molar-refractivity contribution in [1.29, 1.82) is 0 Å². The van der Waals surface area contributed by atoms with Gasteiger partial charge in [0.05, 0.1) is 12.5 Å². The Morgan fingerprint density at radius 2 is 2.18 bits per heavy atom. The number of hydrogen-bond donors (Lipinski definition) is 1. The van der Waals surface area contributed by atoms with Gasteiger partial charge in [0.25, 0.3) is 0 Å². The maximum absolute atomic E-state index is 12.1. The Morgan fingerprint density at radius 3 is 3.12 bits per heavy atom. The highest BCUT2D eigenvalue weighted by atomic mass is 16.2. The van der Waals surface area contributed by atoms with Crippen LogP contribution in [-0.4, -0.2) is 22.3 Å². The van der Waals surface area contributed by atoms with Crippen molar-refractivity contribution in [3.8, 4) is 0 Å². The van der Waals surface area contributed by atoms with E-state index in [1.165, 1.54) is 22.2 Å². The average Bonchev–Trinajstić information content (AvgIpc) is 2.93. The average molecular weight is 226 g/mol. The van der Waals surface area contributed by atoms with E-state index in [0.717, 1.165) is 19.4 Å². The fourth-order valence-corrected chi connectivity index (χ4v) is 3.31. The topological polar surface area (TPSA) is 36.1 Å². The maximum Gasteiger partial charge on any atom is 0.227 e. The van der Waals surface area contributed by atoms with Crippen LogP contribution in [0.5, 0.6) is 0 Å². The van der Waals surface area contributed by atoms with Crippen molar-refractivity contribution >= 4 is 16.8 Å². The van der Waals surface area contributed by atoms with Crippen LogP contribution in [0.4, 0.5) is 0 Å². The minimum absolute atomic E-state index is 0.296. The quantitative estimate of drug-likeness (QED) is 0.735. The summed E-state index contributed by atoms with van der Waals surface area (Å²) in [5.74, 6) is 0.296. The molecule has 3 heterocycles. The molecule has 2 aliphatic rings. The molecule has 0 bridgehead atoms. The summed E-state index contributed by atoms with van der Waals surface area (Å²) < 4.78 is 0. The van der Waals surface area contributed by atoms with Crippen molar-refractivity contribution in [3.63, 3.8) is 0 Å². The second-order valence-corrected chi connectivity index (χ2v) is 4.98. The van der Waals surface area contributed by atoms with Gasteiger partial charge in [0.2, 0.25) is 5.91 Å². The molecule has 86 valence electrons. The van der Waals surface area contributed by atoms with Crippen LogP contribution in [0.1, 0.15) is 30.1 Å². The van der Waals surface area contributed by atoms with Crippen molar-refractivity contribution in [2.75, 3.05) is 6.54 Å². The van der Waals surface area contributed by atoms with Gasteiger partial charge in [0.15, 0.2) is 0 Å². The van der Waals surface area contributed by atoms with Crippen LogP contribution in [0, 0.1) is 0 Å². The number of aromatic nitrogens is 1. The summed E-state index contributed by atoms with van der Waals surface area (Å²) in [6.45, 7) is 0.929. The van der Waals surface area contributed by atoms with Gasteiger partial charge in [-0.1, -0.05) is 18.2 Å². The fourth-order valence-electron chi connectivity index (χ4n) is 3.31. The van der Waals surface area contributed by atoms with Crippen LogP contribution >= 0.6 is 0 Å². The molecule has 1 amide bonds. The first-order chi connectivity index (χ1) is 8.34. The van der Waals surface area contributed by atoms with Crippen LogP contribution in [0.2, 0.25) is 0 Å². The second-order valence-electron chi connectivity index (χ2n) is 4.98. The van der Waals surface area contributed by atoms with Gasteiger partial charge in [0.1, 0.15) is 0 Å². The van der Waals surface area contributed by atoms with E-state index in [-0.39, 0.29) is 0 Å². The van der Waals surface area contributed by atoms with Crippen molar-refractivity contribution in [3.05, 3.63) is 35.5 Å². The third-order valence-corrected chi connectivity index (χ3v) is 4.08. The molecule has 1 aromatic heterocycles. The summed E-state index contributed by atoms with van der Waals surface area (Å²) in [7, 11) is 0. The number of nitrogens with zero attached hydrogens (tertiary/aromatic N) is 1. The minimum atomic E-state index is 0.296. The van der Waals surface area contributed by atoms with E-state index in [1.54, 1.807) is 0 Å². The molecule has 0 radical (unpaired) electrons. The van der Waals surface area contributed by atoms with Gasteiger partial charge in [0, 0.05) is 23.1 Å². The van der Waals surface area contributed by atoms with E-state index in [2.05, 4.69) is 17.1 Å². The van der Waals surface area contributed by atoms with E-state index in [9.17, 15) is 4.79 Å². The number of amides is 1. The highest BCUT2D eigenvalue weighted by Gasteiger charge is 2.37. The lowest BCUT2D eigenvalue weighted by molar-refractivity contribution is -0.132. The van der Waals surface area contributed by atoms with Gasteiger partial charge in [-0.15, -0.1) is 0 Å². The van der Waals surface area contributed by atoms with E-state index < -0.39 is 0 Å². The molecule has 0 unspecified atom stereocenters. The van der Waals surface area contributed by atoms with Crippen LogP contribution in [0.15, 0.2) is 24.3 Å². The van der Waals surface area contributed by atoms with Gasteiger partial charge in [-0.3, -0.25) is 4.79 Å². The SMILES string of the molecule is O=C1Cc2c([nH]c3ccccc23)[C@@H]2CCCN12. The van der Waals surface area contributed by atoms with Crippen LogP contribution in [-0.2, 0) is 11.2 Å². The highest BCUT2D eigenvalue weighted by Crippen LogP contribution is 2.40. The second kappa shape index (κ2) is 3.13. The van der Waals surface area contributed by atoms with Gasteiger partial charge in [-0.2, -0.15) is 0 Å². The number of benzene rings is 1. The molecule has 17 heavy (non-hydrogen) atoms. The number of H-pyrrole nitrogens is 1. The lowest BCUT2D eigenvalue weighted by Crippen LogP contribution is -2.36. The van der Waals surface area contributed by atoms with E-state index in [4.69, 9.17) is 0 Å². The maximum atomic E-state index is 12.1. The highest BCUT2D eigenvalue weighted by molar-refractivity contribution is 5.92. The van der Waals surface area contributed by atoms with E-state index >= 15 is 0 Å². The molecule has 0 saturated carbocycles. The Kier molecular flexibility index (Phi) is 1.71.